The standard InChI is InChI=1S/C12H14ClN3O3/c13-11-10(5-9(7-14-11)16(18)19)12(17)15-6-8-3-1-2-4-8/h5,7-8H,1-4,6H2,(H,15,17). The van der Waals surface area contributed by atoms with E-state index >= 15 is 0 Å². The summed E-state index contributed by atoms with van der Waals surface area (Å²) in [6.07, 6.45) is 5.65. The van der Waals surface area contributed by atoms with Gasteiger partial charge in [-0.15, -0.1) is 0 Å². The Hall–Kier alpha value is -1.69. The maximum absolute atomic E-state index is 11.9. The summed E-state index contributed by atoms with van der Waals surface area (Å²) in [5, 5.41) is 13.4. The van der Waals surface area contributed by atoms with E-state index < -0.39 is 10.8 Å². The fraction of sp³-hybridized carbons (Fsp3) is 0.500. The van der Waals surface area contributed by atoms with Gasteiger partial charge in [-0.1, -0.05) is 24.4 Å². The average molecular weight is 284 g/mol. The molecule has 1 amide bonds. The van der Waals surface area contributed by atoms with E-state index in [9.17, 15) is 14.9 Å². The maximum atomic E-state index is 11.9. The van der Waals surface area contributed by atoms with E-state index in [2.05, 4.69) is 10.3 Å². The first-order valence-corrected chi connectivity index (χ1v) is 6.54. The number of aromatic nitrogens is 1. The molecule has 0 aromatic carbocycles. The SMILES string of the molecule is O=C(NCC1CCCC1)c1cc([N+](=O)[O-])cnc1Cl. The van der Waals surface area contributed by atoms with E-state index in [0.29, 0.717) is 12.5 Å². The summed E-state index contributed by atoms with van der Waals surface area (Å²) >= 11 is 5.80. The van der Waals surface area contributed by atoms with Crippen molar-refractivity contribution in [3.05, 3.63) is 33.1 Å². The Morgan fingerprint density at radius 1 is 1.53 bits per heavy atom. The molecule has 0 unspecified atom stereocenters. The maximum Gasteiger partial charge on any atom is 0.288 e. The van der Waals surface area contributed by atoms with E-state index in [1.165, 1.54) is 12.8 Å². The Balaban J connectivity index is 2.04. The van der Waals surface area contributed by atoms with Gasteiger partial charge in [0.05, 0.1) is 10.5 Å². The molecule has 6 nitrogen and oxygen atoms in total. The minimum atomic E-state index is -0.600. The summed E-state index contributed by atoms with van der Waals surface area (Å²) in [5.74, 6) is 0.0856. The number of amides is 1. The summed E-state index contributed by atoms with van der Waals surface area (Å²) in [4.78, 5) is 25.6. The molecule has 102 valence electrons. The number of hydrogen-bond donors (Lipinski definition) is 1. The van der Waals surface area contributed by atoms with E-state index in [1.807, 2.05) is 0 Å². The zero-order valence-electron chi connectivity index (χ0n) is 10.3. The van der Waals surface area contributed by atoms with E-state index in [4.69, 9.17) is 11.6 Å². The second kappa shape index (κ2) is 5.97. The molecule has 0 spiro atoms. The van der Waals surface area contributed by atoms with Gasteiger partial charge in [-0.25, -0.2) is 4.98 Å². The molecule has 1 saturated carbocycles. The molecule has 19 heavy (non-hydrogen) atoms. The molecule has 1 N–H and O–H groups in total. The Morgan fingerprint density at radius 3 is 2.84 bits per heavy atom. The van der Waals surface area contributed by atoms with Crippen LogP contribution in [-0.4, -0.2) is 22.4 Å². The van der Waals surface area contributed by atoms with Crippen molar-refractivity contribution >= 4 is 23.2 Å². The van der Waals surface area contributed by atoms with Gasteiger partial charge in [-0.05, 0) is 18.8 Å². The van der Waals surface area contributed by atoms with Gasteiger partial charge in [0, 0.05) is 12.6 Å². The summed E-state index contributed by atoms with van der Waals surface area (Å²) in [6.45, 7) is 0.581. The molecule has 0 radical (unpaired) electrons. The van der Waals surface area contributed by atoms with Gasteiger partial charge in [0.2, 0.25) is 0 Å². The number of nitrogens with zero attached hydrogens (tertiary/aromatic N) is 2. The van der Waals surface area contributed by atoms with Crippen molar-refractivity contribution < 1.29 is 9.72 Å². The van der Waals surface area contributed by atoms with Crippen LogP contribution in [0.3, 0.4) is 0 Å². The molecule has 1 heterocycles. The van der Waals surface area contributed by atoms with Gasteiger partial charge in [-0.2, -0.15) is 0 Å². The lowest BCUT2D eigenvalue weighted by atomic mass is 10.1. The summed E-state index contributed by atoms with van der Waals surface area (Å²) in [7, 11) is 0. The molecule has 7 heteroatoms. The lowest BCUT2D eigenvalue weighted by Crippen LogP contribution is -2.28. The minimum absolute atomic E-state index is 0.0190. The van der Waals surface area contributed by atoms with Crippen LogP contribution in [0.5, 0.6) is 0 Å². The van der Waals surface area contributed by atoms with Crippen molar-refractivity contribution in [3.63, 3.8) is 0 Å². The third-order valence-corrected chi connectivity index (χ3v) is 3.61. The molecular weight excluding hydrogens is 270 g/mol. The van der Waals surface area contributed by atoms with Crippen LogP contribution in [0, 0.1) is 16.0 Å². The normalized spacial score (nSPS) is 15.4. The van der Waals surface area contributed by atoms with Gasteiger partial charge in [0.15, 0.2) is 0 Å². The number of halogens is 1. The number of hydrogen-bond acceptors (Lipinski definition) is 4. The zero-order chi connectivity index (χ0) is 13.8. The first kappa shape index (κ1) is 13.7. The second-order valence-corrected chi connectivity index (χ2v) is 5.01. The molecule has 0 saturated heterocycles. The third-order valence-electron chi connectivity index (χ3n) is 3.31. The molecular formula is C12H14ClN3O3. The number of nitrogens with one attached hydrogen (secondary N) is 1. The molecule has 2 rings (SSSR count). The van der Waals surface area contributed by atoms with E-state index in [-0.39, 0.29) is 16.4 Å². The van der Waals surface area contributed by atoms with E-state index in [1.54, 1.807) is 0 Å². The lowest BCUT2D eigenvalue weighted by Gasteiger charge is -2.10. The Labute approximate surface area is 115 Å². The minimum Gasteiger partial charge on any atom is -0.352 e. The highest BCUT2D eigenvalue weighted by Gasteiger charge is 2.19. The molecule has 0 atom stereocenters. The lowest BCUT2D eigenvalue weighted by molar-refractivity contribution is -0.385. The van der Waals surface area contributed by atoms with Gasteiger partial charge >= 0.3 is 0 Å². The van der Waals surface area contributed by atoms with Gasteiger partial charge in [-0.3, -0.25) is 14.9 Å². The monoisotopic (exact) mass is 283 g/mol. The average Bonchev–Trinajstić information content (AvgIpc) is 2.89. The molecule has 1 aliphatic carbocycles. The fourth-order valence-electron chi connectivity index (χ4n) is 2.24. The zero-order valence-corrected chi connectivity index (χ0v) is 11.0. The van der Waals surface area contributed by atoms with Gasteiger partial charge < -0.3 is 5.32 Å². The highest BCUT2D eigenvalue weighted by Crippen LogP contribution is 2.24. The Kier molecular flexibility index (Phi) is 4.31. The predicted molar refractivity (Wildman–Crippen MR) is 70.2 cm³/mol. The largest absolute Gasteiger partial charge is 0.352 e. The van der Waals surface area contributed by atoms with Crippen LogP contribution < -0.4 is 5.32 Å². The number of carbonyl (C=O) groups is 1. The molecule has 1 aromatic rings. The molecule has 0 aliphatic heterocycles. The smallest absolute Gasteiger partial charge is 0.288 e. The Bertz CT molecular complexity index is 501. The van der Waals surface area contributed by atoms with Crippen molar-refractivity contribution in [1.29, 1.82) is 0 Å². The van der Waals surface area contributed by atoms with Gasteiger partial charge in [0.25, 0.3) is 11.6 Å². The summed E-state index contributed by atoms with van der Waals surface area (Å²) in [6, 6.07) is 1.15. The van der Waals surface area contributed by atoms with Crippen molar-refractivity contribution in [2.24, 2.45) is 5.92 Å². The van der Waals surface area contributed by atoms with Crippen molar-refractivity contribution in [2.45, 2.75) is 25.7 Å². The van der Waals surface area contributed by atoms with Crippen molar-refractivity contribution in [1.82, 2.24) is 10.3 Å². The molecule has 1 aliphatic rings. The fourth-order valence-corrected chi connectivity index (χ4v) is 2.43. The number of rotatable bonds is 4. The number of nitro groups is 1. The van der Waals surface area contributed by atoms with Gasteiger partial charge in [0.1, 0.15) is 11.3 Å². The quantitative estimate of drug-likeness (QED) is 0.523. The Morgan fingerprint density at radius 2 is 2.21 bits per heavy atom. The van der Waals surface area contributed by atoms with Crippen molar-refractivity contribution in [3.8, 4) is 0 Å². The van der Waals surface area contributed by atoms with Crippen LogP contribution in [0.1, 0.15) is 36.0 Å². The van der Waals surface area contributed by atoms with Crippen LogP contribution in [0.4, 0.5) is 5.69 Å². The summed E-state index contributed by atoms with van der Waals surface area (Å²) < 4.78 is 0. The van der Waals surface area contributed by atoms with E-state index in [0.717, 1.165) is 25.1 Å². The van der Waals surface area contributed by atoms with Crippen LogP contribution >= 0.6 is 11.6 Å². The van der Waals surface area contributed by atoms with Crippen molar-refractivity contribution in [2.75, 3.05) is 6.54 Å². The highest BCUT2D eigenvalue weighted by molar-refractivity contribution is 6.32. The molecule has 0 bridgehead atoms. The second-order valence-electron chi connectivity index (χ2n) is 4.65. The first-order chi connectivity index (χ1) is 9.08. The summed E-state index contributed by atoms with van der Waals surface area (Å²) in [5.41, 5.74) is -0.190. The molecule has 1 aromatic heterocycles. The number of pyridine rings is 1. The van der Waals surface area contributed by atoms with Crippen LogP contribution in [0.25, 0.3) is 0 Å². The van der Waals surface area contributed by atoms with Crippen LogP contribution in [-0.2, 0) is 0 Å². The van der Waals surface area contributed by atoms with Crippen LogP contribution in [0.2, 0.25) is 5.15 Å². The third kappa shape index (κ3) is 3.41. The topological polar surface area (TPSA) is 85.1 Å². The highest BCUT2D eigenvalue weighted by atomic mass is 35.5. The van der Waals surface area contributed by atoms with Crippen LogP contribution in [0.15, 0.2) is 12.3 Å². The number of carbonyl (C=O) groups excluding carboxylic acids is 1. The first-order valence-electron chi connectivity index (χ1n) is 6.16. The molecule has 1 fully saturated rings. The predicted octanol–water partition coefficient (Wildman–Crippen LogP) is 2.56.